The SMILES string of the molecule is O=C1Nc2cnc3ccccc3c2NC2COCC12. The van der Waals surface area contributed by atoms with Crippen LogP contribution in [-0.2, 0) is 9.53 Å². The van der Waals surface area contributed by atoms with Gasteiger partial charge in [-0.3, -0.25) is 9.78 Å². The van der Waals surface area contributed by atoms with Gasteiger partial charge in [-0.2, -0.15) is 0 Å². The fraction of sp³-hybridized carbons (Fsp3) is 0.286. The summed E-state index contributed by atoms with van der Waals surface area (Å²) in [4.78, 5) is 16.5. The topological polar surface area (TPSA) is 63.2 Å². The van der Waals surface area contributed by atoms with Crippen LogP contribution in [0.25, 0.3) is 10.9 Å². The van der Waals surface area contributed by atoms with Gasteiger partial charge >= 0.3 is 0 Å². The maximum absolute atomic E-state index is 12.1. The van der Waals surface area contributed by atoms with E-state index in [1.807, 2.05) is 24.3 Å². The first kappa shape index (κ1) is 10.8. The van der Waals surface area contributed by atoms with Gasteiger partial charge in [0.15, 0.2) is 0 Å². The summed E-state index contributed by atoms with van der Waals surface area (Å²) in [6, 6.07) is 7.94. The van der Waals surface area contributed by atoms with Crippen molar-refractivity contribution in [3.63, 3.8) is 0 Å². The molecular weight excluding hydrogens is 242 g/mol. The van der Waals surface area contributed by atoms with Crippen molar-refractivity contribution in [3.05, 3.63) is 30.5 Å². The van der Waals surface area contributed by atoms with Gasteiger partial charge in [0.05, 0.1) is 48.3 Å². The summed E-state index contributed by atoms with van der Waals surface area (Å²) in [5.74, 6) is -0.128. The standard InChI is InChI=1S/C14H13N3O2/c18-14-9-6-19-7-12(9)16-13-8-3-1-2-4-10(8)15-5-11(13)17-14/h1-5,9,12,16H,6-7H2,(H,17,18). The van der Waals surface area contributed by atoms with Crippen LogP contribution < -0.4 is 10.6 Å². The zero-order valence-electron chi connectivity index (χ0n) is 10.2. The molecule has 2 N–H and O–H groups in total. The van der Waals surface area contributed by atoms with E-state index in [-0.39, 0.29) is 17.9 Å². The number of amides is 1. The van der Waals surface area contributed by atoms with Gasteiger partial charge in [-0.15, -0.1) is 0 Å². The van der Waals surface area contributed by atoms with Crippen LogP contribution in [0.4, 0.5) is 11.4 Å². The third-order valence-corrected chi connectivity index (χ3v) is 3.78. The quantitative estimate of drug-likeness (QED) is 0.750. The van der Waals surface area contributed by atoms with Crippen molar-refractivity contribution < 1.29 is 9.53 Å². The molecule has 5 nitrogen and oxygen atoms in total. The summed E-state index contributed by atoms with van der Waals surface area (Å²) in [6.45, 7) is 1.04. The molecule has 1 fully saturated rings. The molecule has 1 aromatic heterocycles. The van der Waals surface area contributed by atoms with Crippen LogP contribution in [0, 0.1) is 5.92 Å². The minimum Gasteiger partial charge on any atom is -0.378 e. The Morgan fingerprint density at radius 3 is 3.11 bits per heavy atom. The van der Waals surface area contributed by atoms with E-state index in [1.165, 1.54) is 0 Å². The highest BCUT2D eigenvalue weighted by Gasteiger charge is 2.37. The molecule has 19 heavy (non-hydrogen) atoms. The van der Waals surface area contributed by atoms with E-state index in [4.69, 9.17) is 4.74 Å². The number of carbonyl (C=O) groups excluding carboxylic acids is 1. The van der Waals surface area contributed by atoms with Gasteiger partial charge in [0.2, 0.25) is 5.91 Å². The van der Waals surface area contributed by atoms with Crippen molar-refractivity contribution in [2.45, 2.75) is 6.04 Å². The number of ether oxygens (including phenoxy) is 1. The molecule has 96 valence electrons. The Bertz CT molecular complexity index is 671. The van der Waals surface area contributed by atoms with Crippen LogP contribution in [0.2, 0.25) is 0 Å². The van der Waals surface area contributed by atoms with Crippen molar-refractivity contribution >= 4 is 28.2 Å². The zero-order chi connectivity index (χ0) is 12.8. The zero-order valence-corrected chi connectivity index (χ0v) is 10.2. The molecular formula is C14H13N3O2. The Morgan fingerprint density at radius 1 is 1.26 bits per heavy atom. The molecule has 1 saturated heterocycles. The van der Waals surface area contributed by atoms with E-state index in [1.54, 1.807) is 6.20 Å². The van der Waals surface area contributed by atoms with E-state index in [0.29, 0.717) is 13.2 Å². The molecule has 0 saturated carbocycles. The number of rotatable bonds is 0. The van der Waals surface area contributed by atoms with Crippen molar-refractivity contribution in [1.82, 2.24) is 4.98 Å². The first-order valence-electron chi connectivity index (χ1n) is 6.36. The second kappa shape index (κ2) is 3.93. The molecule has 2 unspecified atom stereocenters. The largest absolute Gasteiger partial charge is 0.378 e. The van der Waals surface area contributed by atoms with E-state index in [2.05, 4.69) is 15.6 Å². The highest BCUT2D eigenvalue weighted by Crippen LogP contribution is 2.35. The molecule has 0 bridgehead atoms. The van der Waals surface area contributed by atoms with Crippen LogP contribution in [0.15, 0.2) is 30.5 Å². The normalized spacial score (nSPS) is 25.2. The molecule has 2 aromatic rings. The lowest BCUT2D eigenvalue weighted by Gasteiger charge is -2.15. The molecule has 4 rings (SSSR count). The Balaban J connectivity index is 1.91. The minimum absolute atomic E-state index is 0.00540. The molecule has 3 heterocycles. The Kier molecular flexibility index (Phi) is 2.22. The van der Waals surface area contributed by atoms with Crippen molar-refractivity contribution in [3.8, 4) is 0 Å². The fourth-order valence-corrected chi connectivity index (χ4v) is 2.76. The van der Waals surface area contributed by atoms with Crippen molar-refractivity contribution in [1.29, 1.82) is 0 Å². The van der Waals surface area contributed by atoms with Gasteiger partial charge in [0, 0.05) is 5.39 Å². The predicted molar refractivity (Wildman–Crippen MR) is 72.1 cm³/mol. The molecule has 2 atom stereocenters. The summed E-state index contributed by atoms with van der Waals surface area (Å²) >= 11 is 0. The monoisotopic (exact) mass is 255 g/mol. The van der Waals surface area contributed by atoms with Gasteiger partial charge in [0.1, 0.15) is 0 Å². The fourth-order valence-electron chi connectivity index (χ4n) is 2.76. The number of aromatic nitrogens is 1. The van der Waals surface area contributed by atoms with Gasteiger partial charge in [-0.25, -0.2) is 0 Å². The Labute approximate surface area is 110 Å². The van der Waals surface area contributed by atoms with Crippen LogP contribution in [0.5, 0.6) is 0 Å². The maximum Gasteiger partial charge on any atom is 0.232 e. The number of nitrogens with one attached hydrogen (secondary N) is 2. The lowest BCUT2D eigenvalue weighted by Crippen LogP contribution is -2.33. The highest BCUT2D eigenvalue weighted by atomic mass is 16.5. The molecule has 5 heteroatoms. The Hall–Kier alpha value is -2.14. The number of hydrogen-bond donors (Lipinski definition) is 2. The van der Waals surface area contributed by atoms with Crippen LogP contribution in [0.3, 0.4) is 0 Å². The number of anilines is 2. The van der Waals surface area contributed by atoms with Gasteiger partial charge in [0.25, 0.3) is 0 Å². The number of nitrogens with zero attached hydrogens (tertiary/aromatic N) is 1. The van der Waals surface area contributed by atoms with E-state index < -0.39 is 0 Å². The molecule has 2 aliphatic rings. The number of fused-ring (bicyclic) bond motifs is 4. The summed E-state index contributed by atoms with van der Waals surface area (Å²) < 4.78 is 5.41. The summed E-state index contributed by atoms with van der Waals surface area (Å²) in [5.41, 5.74) is 2.61. The van der Waals surface area contributed by atoms with Crippen LogP contribution in [-0.4, -0.2) is 30.1 Å². The average molecular weight is 255 g/mol. The molecule has 2 aliphatic heterocycles. The third kappa shape index (κ3) is 1.58. The van der Waals surface area contributed by atoms with Crippen LogP contribution in [0.1, 0.15) is 0 Å². The third-order valence-electron chi connectivity index (χ3n) is 3.78. The Morgan fingerprint density at radius 2 is 2.16 bits per heavy atom. The predicted octanol–water partition coefficient (Wildman–Crippen LogP) is 1.61. The summed E-state index contributed by atoms with van der Waals surface area (Å²) in [7, 11) is 0. The number of para-hydroxylation sites is 1. The highest BCUT2D eigenvalue weighted by molar-refractivity contribution is 6.05. The average Bonchev–Trinajstić information content (AvgIpc) is 2.84. The van der Waals surface area contributed by atoms with Crippen molar-refractivity contribution in [2.24, 2.45) is 5.92 Å². The maximum atomic E-state index is 12.1. The van der Waals surface area contributed by atoms with Gasteiger partial charge < -0.3 is 15.4 Å². The number of hydrogen-bond acceptors (Lipinski definition) is 4. The lowest BCUT2D eigenvalue weighted by atomic mass is 10.0. The molecule has 1 aromatic carbocycles. The van der Waals surface area contributed by atoms with Gasteiger partial charge in [-0.05, 0) is 6.07 Å². The smallest absolute Gasteiger partial charge is 0.232 e. The van der Waals surface area contributed by atoms with E-state index in [0.717, 1.165) is 22.3 Å². The number of pyridine rings is 1. The first-order valence-corrected chi connectivity index (χ1v) is 6.36. The van der Waals surface area contributed by atoms with Crippen molar-refractivity contribution in [2.75, 3.05) is 23.8 Å². The lowest BCUT2D eigenvalue weighted by molar-refractivity contribution is -0.119. The number of carbonyl (C=O) groups is 1. The molecule has 0 radical (unpaired) electrons. The molecule has 0 aliphatic carbocycles. The van der Waals surface area contributed by atoms with Gasteiger partial charge in [-0.1, -0.05) is 18.2 Å². The first-order chi connectivity index (χ1) is 9.33. The number of benzene rings is 1. The molecule has 1 amide bonds. The molecule has 0 spiro atoms. The second-order valence-corrected chi connectivity index (χ2v) is 4.95. The van der Waals surface area contributed by atoms with E-state index in [9.17, 15) is 4.79 Å². The van der Waals surface area contributed by atoms with Crippen LogP contribution >= 0.6 is 0 Å². The minimum atomic E-state index is -0.133. The summed E-state index contributed by atoms with van der Waals surface area (Å²) in [5, 5.41) is 7.41. The second-order valence-electron chi connectivity index (χ2n) is 4.95. The summed E-state index contributed by atoms with van der Waals surface area (Å²) in [6.07, 6.45) is 1.71. The van der Waals surface area contributed by atoms with E-state index >= 15 is 0 Å².